The van der Waals surface area contributed by atoms with Crippen LogP contribution in [0.2, 0.25) is 0 Å². The molecule has 94 valence electrons. The number of rotatable bonds is 4. The summed E-state index contributed by atoms with van der Waals surface area (Å²) in [6.45, 7) is 0. The van der Waals surface area contributed by atoms with Gasteiger partial charge >= 0.3 is 0 Å². The first-order valence-corrected chi connectivity index (χ1v) is 7.69. The molecule has 3 N–H and O–H groups in total. The van der Waals surface area contributed by atoms with Gasteiger partial charge in [-0.05, 0) is 28.1 Å². The van der Waals surface area contributed by atoms with Crippen molar-refractivity contribution < 1.29 is 4.79 Å². The molecule has 0 aliphatic heterocycles. The van der Waals surface area contributed by atoms with Crippen LogP contribution in [0.3, 0.4) is 0 Å². The molecule has 1 aromatic carbocycles. The number of hydrogen-bond donors (Lipinski definition) is 2. The number of nitrogens with one attached hydrogen (secondary N) is 1. The van der Waals surface area contributed by atoms with Crippen molar-refractivity contribution in [2.24, 2.45) is 5.84 Å². The minimum atomic E-state index is -0.350. The van der Waals surface area contributed by atoms with Gasteiger partial charge in [-0.3, -0.25) is 10.2 Å². The molecular weight excluding hydrogens is 334 g/mol. The Hall–Kier alpha value is -0.890. The van der Waals surface area contributed by atoms with Gasteiger partial charge in [0.25, 0.3) is 5.91 Å². The second-order valence-electron chi connectivity index (χ2n) is 3.34. The molecule has 7 heteroatoms. The third-order valence-electron chi connectivity index (χ3n) is 2.09. The summed E-state index contributed by atoms with van der Waals surface area (Å²) < 4.78 is 1.06. The Morgan fingerprint density at radius 2 is 2.28 bits per heavy atom. The molecule has 2 aromatic rings. The van der Waals surface area contributed by atoms with E-state index in [1.54, 1.807) is 11.8 Å². The van der Waals surface area contributed by atoms with E-state index in [9.17, 15) is 4.79 Å². The summed E-state index contributed by atoms with van der Waals surface area (Å²) in [5.41, 5.74) is 2.95. The highest BCUT2D eigenvalue weighted by atomic mass is 79.9. The summed E-state index contributed by atoms with van der Waals surface area (Å²) in [6.07, 6.45) is 0. The van der Waals surface area contributed by atoms with Gasteiger partial charge in [0.1, 0.15) is 0 Å². The highest BCUT2D eigenvalue weighted by molar-refractivity contribution is 9.10. The fraction of sp³-hybridized carbons (Fsp3) is 0.0909. The second-order valence-corrected chi connectivity index (χ2v) is 6.07. The van der Waals surface area contributed by atoms with E-state index in [0.717, 1.165) is 20.8 Å². The van der Waals surface area contributed by atoms with Crippen LogP contribution < -0.4 is 11.3 Å². The average molecular weight is 344 g/mol. The molecule has 0 fully saturated rings. The van der Waals surface area contributed by atoms with Crippen LogP contribution in [0.1, 0.15) is 15.5 Å². The highest BCUT2D eigenvalue weighted by Gasteiger charge is 2.10. The number of nitrogen functional groups attached to an aromatic ring is 1. The van der Waals surface area contributed by atoms with Gasteiger partial charge in [0, 0.05) is 20.5 Å². The van der Waals surface area contributed by atoms with Crippen molar-refractivity contribution in [3.63, 3.8) is 0 Å². The van der Waals surface area contributed by atoms with E-state index in [1.165, 1.54) is 11.3 Å². The van der Waals surface area contributed by atoms with E-state index in [0.29, 0.717) is 5.01 Å². The SMILES string of the molecule is NNC(=O)c1nc(CSc2ccccc2Br)cs1. The molecule has 0 saturated heterocycles. The van der Waals surface area contributed by atoms with E-state index in [1.807, 2.05) is 29.6 Å². The van der Waals surface area contributed by atoms with Crippen molar-refractivity contribution in [2.45, 2.75) is 10.6 Å². The fourth-order valence-electron chi connectivity index (χ4n) is 1.25. The summed E-state index contributed by atoms with van der Waals surface area (Å²) in [6, 6.07) is 7.99. The third-order valence-corrected chi connectivity index (χ3v) is 5.04. The third kappa shape index (κ3) is 3.32. The van der Waals surface area contributed by atoms with E-state index >= 15 is 0 Å². The van der Waals surface area contributed by atoms with E-state index < -0.39 is 0 Å². The Bertz CT molecular complexity index is 559. The molecule has 18 heavy (non-hydrogen) atoms. The number of nitrogens with two attached hydrogens (primary N) is 1. The first-order valence-electron chi connectivity index (χ1n) is 5.03. The maximum absolute atomic E-state index is 11.3. The molecule has 0 atom stereocenters. The molecule has 0 bridgehead atoms. The van der Waals surface area contributed by atoms with Crippen LogP contribution >= 0.6 is 39.0 Å². The monoisotopic (exact) mass is 343 g/mol. The lowest BCUT2D eigenvalue weighted by atomic mass is 10.4. The number of benzene rings is 1. The van der Waals surface area contributed by atoms with Crippen molar-refractivity contribution in [1.29, 1.82) is 0 Å². The zero-order chi connectivity index (χ0) is 13.0. The van der Waals surface area contributed by atoms with Crippen LogP contribution in [0.4, 0.5) is 0 Å². The van der Waals surface area contributed by atoms with Crippen molar-refractivity contribution >= 4 is 44.9 Å². The van der Waals surface area contributed by atoms with Crippen LogP contribution in [0, 0.1) is 0 Å². The number of hydrogen-bond acceptors (Lipinski definition) is 5. The lowest BCUT2D eigenvalue weighted by Gasteiger charge is -2.01. The smallest absolute Gasteiger partial charge is 0.288 e. The molecule has 1 amide bonds. The molecule has 0 spiro atoms. The molecular formula is C11H10BrN3OS2. The van der Waals surface area contributed by atoms with Crippen LogP contribution in [0.25, 0.3) is 0 Å². The molecule has 0 aliphatic carbocycles. The molecule has 0 radical (unpaired) electrons. The van der Waals surface area contributed by atoms with Gasteiger partial charge in [0.05, 0.1) is 5.69 Å². The zero-order valence-corrected chi connectivity index (χ0v) is 12.4. The van der Waals surface area contributed by atoms with Gasteiger partial charge in [-0.25, -0.2) is 10.8 Å². The first kappa shape index (κ1) is 13.5. The number of thioether (sulfide) groups is 1. The van der Waals surface area contributed by atoms with Gasteiger partial charge in [-0.1, -0.05) is 12.1 Å². The van der Waals surface area contributed by atoms with Crippen molar-refractivity contribution in [2.75, 3.05) is 0 Å². The maximum atomic E-state index is 11.3. The summed E-state index contributed by atoms with van der Waals surface area (Å²) >= 11 is 6.45. The quantitative estimate of drug-likeness (QED) is 0.387. The van der Waals surface area contributed by atoms with E-state index in [4.69, 9.17) is 5.84 Å². The number of carbonyl (C=O) groups excluding carboxylic acids is 1. The predicted molar refractivity (Wildman–Crippen MR) is 77.5 cm³/mol. The predicted octanol–water partition coefficient (Wildman–Crippen LogP) is 2.80. The molecule has 1 heterocycles. The number of amides is 1. The number of thiazole rings is 1. The Morgan fingerprint density at radius 3 is 3.00 bits per heavy atom. The topological polar surface area (TPSA) is 68.0 Å². The van der Waals surface area contributed by atoms with Gasteiger partial charge in [0.2, 0.25) is 0 Å². The standard InChI is InChI=1S/C11H10BrN3OS2/c12-8-3-1-2-4-9(8)17-5-7-6-18-11(14-7)10(16)15-13/h1-4,6H,5,13H2,(H,15,16). The largest absolute Gasteiger partial charge is 0.294 e. The average Bonchev–Trinajstić information content (AvgIpc) is 2.86. The summed E-state index contributed by atoms with van der Waals surface area (Å²) in [5, 5.41) is 2.26. The molecule has 1 aromatic heterocycles. The summed E-state index contributed by atoms with van der Waals surface area (Å²) in [5.74, 6) is 5.42. The maximum Gasteiger partial charge on any atom is 0.294 e. The first-order chi connectivity index (χ1) is 8.70. The minimum absolute atomic E-state index is 0.350. The van der Waals surface area contributed by atoms with Gasteiger partial charge in [0.15, 0.2) is 5.01 Å². The number of aromatic nitrogens is 1. The Balaban J connectivity index is 2.01. The number of nitrogens with zero attached hydrogens (tertiary/aromatic N) is 1. The fourth-order valence-corrected chi connectivity index (χ4v) is 3.54. The second kappa shape index (κ2) is 6.33. The van der Waals surface area contributed by atoms with Crippen LogP contribution in [0.5, 0.6) is 0 Å². The van der Waals surface area contributed by atoms with Gasteiger partial charge in [-0.2, -0.15) is 0 Å². The van der Waals surface area contributed by atoms with Crippen molar-refractivity contribution in [3.05, 3.63) is 44.8 Å². The number of carbonyl (C=O) groups is 1. The summed E-state index contributed by atoms with van der Waals surface area (Å²) in [4.78, 5) is 16.6. The molecule has 0 saturated carbocycles. The molecule has 2 rings (SSSR count). The number of hydrazine groups is 1. The van der Waals surface area contributed by atoms with E-state index in [2.05, 4.69) is 26.3 Å². The van der Waals surface area contributed by atoms with Crippen molar-refractivity contribution in [3.8, 4) is 0 Å². The van der Waals surface area contributed by atoms with Crippen LogP contribution in [-0.4, -0.2) is 10.9 Å². The molecule has 0 aliphatic rings. The Kier molecular flexibility index (Phi) is 4.76. The normalized spacial score (nSPS) is 10.3. The Labute approximate surface area is 121 Å². The van der Waals surface area contributed by atoms with Gasteiger partial charge in [-0.15, -0.1) is 23.1 Å². The van der Waals surface area contributed by atoms with Crippen LogP contribution in [0.15, 0.2) is 39.0 Å². The molecule has 4 nitrogen and oxygen atoms in total. The minimum Gasteiger partial charge on any atom is -0.288 e. The lowest BCUT2D eigenvalue weighted by molar-refractivity contribution is 0.0953. The molecule has 0 unspecified atom stereocenters. The van der Waals surface area contributed by atoms with E-state index in [-0.39, 0.29) is 5.91 Å². The lowest BCUT2D eigenvalue weighted by Crippen LogP contribution is -2.29. The van der Waals surface area contributed by atoms with Gasteiger partial charge < -0.3 is 0 Å². The highest BCUT2D eigenvalue weighted by Crippen LogP contribution is 2.29. The Morgan fingerprint density at radius 1 is 1.50 bits per heavy atom. The number of halogens is 1. The zero-order valence-electron chi connectivity index (χ0n) is 9.22. The van der Waals surface area contributed by atoms with Crippen LogP contribution in [-0.2, 0) is 5.75 Å². The van der Waals surface area contributed by atoms with Crippen molar-refractivity contribution in [1.82, 2.24) is 10.4 Å². The summed E-state index contributed by atoms with van der Waals surface area (Å²) in [7, 11) is 0.